The number of hydrogen-bond acceptors (Lipinski definition) is 4. The number of aryl methyl sites for hydroxylation is 1. The Hall–Kier alpha value is -2.53. The van der Waals surface area contributed by atoms with Gasteiger partial charge in [-0.15, -0.1) is 11.3 Å². The first-order chi connectivity index (χ1) is 12.5. The molecule has 0 aliphatic heterocycles. The Morgan fingerprint density at radius 1 is 1.12 bits per heavy atom. The van der Waals surface area contributed by atoms with Crippen molar-refractivity contribution in [3.63, 3.8) is 0 Å². The van der Waals surface area contributed by atoms with Gasteiger partial charge in [0.2, 0.25) is 0 Å². The monoisotopic (exact) mass is 365 g/mol. The number of hydrogen-bond donors (Lipinski definition) is 1. The van der Waals surface area contributed by atoms with Gasteiger partial charge < -0.3 is 5.32 Å². The van der Waals surface area contributed by atoms with Gasteiger partial charge in [0.05, 0.1) is 17.4 Å². The molecule has 1 amide bonds. The maximum absolute atomic E-state index is 12.9. The van der Waals surface area contributed by atoms with Crippen molar-refractivity contribution in [2.45, 2.75) is 33.2 Å². The summed E-state index contributed by atoms with van der Waals surface area (Å²) in [6, 6.07) is 15.8. The highest BCUT2D eigenvalue weighted by Gasteiger charge is 2.21. The van der Waals surface area contributed by atoms with Gasteiger partial charge in [0.25, 0.3) is 5.91 Å². The van der Waals surface area contributed by atoms with Gasteiger partial charge in [-0.3, -0.25) is 9.78 Å². The first-order valence-electron chi connectivity index (χ1n) is 8.79. The molecule has 1 atom stereocenters. The number of pyridine rings is 1. The van der Waals surface area contributed by atoms with E-state index >= 15 is 0 Å². The summed E-state index contributed by atoms with van der Waals surface area (Å²) in [6.45, 7) is 6.20. The average Bonchev–Trinajstić information content (AvgIpc) is 3.04. The minimum Gasteiger partial charge on any atom is -0.344 e. The molecule has 0 bridgehead atoms. The third-order valence-corrected chi connectivity index (χ3v) is 5.28. The lowest BCUT2D eigenvalue weighted by atomic mass is 9.97. The molecular formula is C21H23N3OS. The van der Waals surface area contributed by atoms with Crippen LogP contribution in [0.15, 0.2) is 54.7 Å². The number of carbonyl (C=O) groups excluding carboxylic acids is 1. The van der Waals surface area contributed by atoms with Gasteiger partial charge in [-0.1, -0.05) is 50.2 Å². The second-order valence-electron chi connectivity index (χ2n) is 6.71. The number of aromatic nitrogens is 2. The molecule has 5 heteroatoms. The summed E-state index contributed by atoms with van der Waals surface area (Å²) in [6.07, 6.45) is 2.63. The molecule has 2 aromatic heterocycles. The SMILES string of the molecule is Cc1nc(-c2ccccn2)sc1C(=O)NC(CC(C)C)c1ccccc1. The van der Waals surface area contributed by atoms with Crippen molar-refractivity contribution >= 4 is 17.2 Å². The Morgan fingerprint density at radius 2 is 1.85 bits per heavy atom. The maximum atomic E-state index is 12.9. The van der Waals surface area contributed by atoms with Crippen LogP contribution in [0.5, 0.6) is 0 Å². The second-order valence-corrected chi connectivity index (χ2v) is 7.71. The first-order valence-corrected chi connectivity index (χ1v) is 9.61. The molecule has 2 heterocycles. The van der Waals surface area contributed by atoms with Crippen LogP contribution in [0.4, 0.5) is 0 Å². The number of rotatable bonds is 6. The van der Waals surface area contributed by atoms with Crippen LogP contribution < -0.4 is 5.32 Å². The van der Waals surface area contributed by atoms with Gasteiger partial charge in [0.15, 0.2) is 0 Å². The van der Waals surface area contributed by atoms with Crippen LogP contribution in [0.1, 0.15) is 47.2 Å². The molecule has 0 saturated heterocycles. The molecule has 0 aliphatic carbocycles. The Labute approximate surface area is 158 Å². The van der Waals surface area contributed by atoms with Crippen LogP contribution in [0.25, 0.3) is 10.7 Å². The average molecular weight is 366 g/mol. The number of thiazole rings is 1. The van der Waals surface area contributed by atoms with Crippen LogP contribution in [-0.4, -0.2) is 15.9 Å². The molecule has 0 saturated carbocycles. The molecule has 4 nitrogen and oxygen atoms in total. The van der Waals surface area contributed by atoms with E-state index in [1.165, 1.54) is 11.3 Å². The lowest BCUT2D eigenvalue weighted by molar-refractivity contribution is 0.0935. The smallest absolute Gasteiger partial charge is 0.263 e. The van der Waals surface area contributed by atoms with E-state index in [9.17, 15) is 4.79 Å². The molecule has 0 spiro atoms. The zero-order valence-corrected chi connectivity index (χ0v) is 16.1. The zero-order chi connectivity index (χ0) is 18.5. The van der Waals surface area contributed by atoms with E-state index in [0.717, 1.165) is 28.4 Å². The number of nitrogens with one attached hydrogen (secondary N) is 1. The van der Waals surface area contributed by atoms with E-state index in [1.54, 1.807) is 6.20 Å². The minimum absolute atomic E-state index is 0.0106. The highest BCUT2D eigenvalue weighted by atomic mass is 32.1. The summed E-state index contributed by atoms with van der Waals surface area (Å²) in [7, 11) is 0. The second kappa shape index (κ2) is 8.23. The minimum atomic E-state index is -0.0725. The molecule has 3 aromatic rings. The van der Waals surface area contributed by atoms with E-state index in [4.69, 9.17) is 0 Å². The summed E-state index contributed by atoms with van der Waals surface area (Å²) in [5, 5.41) is 3.97. The predicted octanol–water partition coefficient (Wildman–Crippen LogP) is 5.03. The molecule has 1 unspecified atom stereocenters. The maximum Gasteiger partial charge on any atom is 0.263 e. The van der Waals surface area contributed by atoms with Crippen molar-refractivity contribution in [3.05, 3.63) is 70.9 Å². The molecular weight excluding hydrogens is 342 g/mol. The summed E-state index contributed by atoms with van der Waals surface area (Å²) >= 11 is 1.39. The summed E-state index contributed by atoms with van der Waals surface area (Å²) in [4.78, 5) is 22.4. The molecule has 0 aliphatic rings. The highest BCUT2D eigenvalue weighted by molar-refractivity contribution is 7.17. The topological polar surface area (TPSA) is 54.9 Å². The first kappa shape index (κ1) is 18.3. The molecule has 3 rings (SSSR count). The fourth-order valence-electron chi connectivity index (χ4n) is 2.86. The van der Waals surface area contributed by atoms with Gasteiger partial charge >= 0.3 is 0 Å². The summed E-state index contributed by atoms with van der Waals surface area (Å²) in [5.74, 6) is 0.406. The Bertz CT molecular complexity index is 859. The fraction of sp³-hybridized carbons (Fsp3) is 0.286. The van der Waals surface area contributed by atoms with Gasteiger partial charge in [0.1, 0.15) is 9.88 Å². The Balaban J connectivity index is 1.83. The van der Waals surface area contributed by atoms with Crippen LogP contribution in [0.2, 0.25) is 0 Å². The van der Waals surface area contributed by atoms with Crippen molar-refractivity contribution < 1.29 is 4.79 Å². The molecule has 1 aromatic carbocycles. The van der Waals surface area contributed by atoms with Crippen LogP contribution in [0.3, 0.4) is 0 Å². The number of benzene rings is 1. The standard InChI is InChI=1S/C21H23N3OS/c1-14(2)13-18(16-9-5-4-6-10-16)24-20(25)19-15(3)23-21(26-19)17-11-7-8-12-22-17/h4-12,14,18H,13H2,1-3H3,(H,24,25). The van der Waals surface area contributed by atoms with Crippen molar-refractivity contribution in [1.29, 1.82) is 0 Å². The van der Waals surface area contributed by atoms with E-state index in [-0.39, 0.29) is 11.9 Å². The quantitative estimate of drug-likeness (QED) is 0.666. The highest BCUT2D eigenvalue weighted by Crippen LogP contribution is 2.28. The Morgan fingerprint density at radius 3 is 2.50 bits per heavy atom. The third-order valence-electron chi connectivity index (χ3n) is 4.10. The lowest BCUT2D eigenvalue weighted by Gasteiger charge is -2.21. The van der Waals surface area contributed by atoms with Gasteiger partial charge in [-0.2, -0.15) is 0 Å². The normalized spacial score (nSPS) is 12.2. The van der Waals surface area contributed by atoms with Gasteiger partial charge in [-0.25, -0.2) is 4.98 Å². The largest absolute Gasteiger partial charge is 0.344 e. The number of amides is 1. The molecule has 0 radical (unpaired) electrons. The van der Waals surface area contributed by atoms with Crippen LogP contribution in [0, 0.1) is 12.8 Å². The molecule has 134 valence electrons. The fourth-order valence-corrected chi connectivity index (χ4v) is 3.81. The van der Waals surface area contributed by atoms with Gasteiger partial charge in [-0.05, 0) is 37.0 Å². The van der Waals surface area contributed by atoms with Gasteiger partial charge in [0, 0.05) is 6.20 Å². The summed E-state index contributed by atoms with van der Waals surface area (Å²) in [5.41, 5.74) is 2.66. The third kappa shape index (κ3) is 4.35. The van der Waals surface area contributed by atoms with E-state index in [1.807, 2.05) is 43.3 Å². The van der Waals surface area contributed by atoms with Crippen molar-refractivity contribution in [2.75, 3.05) is 0 Å². The molecule has 26 heavy (non-hydrogen) atoms. The van der Waals surface area contributed by atoms with E-state index in [2.05, 4.69) is 41.3 Å². The van der Waals surface area contributed by atoms with Crippen LogP contribution >= 0.6 is 11.3 Å². The van der Waals surface area contributed by atoms with Crippen molar-refractivity contribution in [3.8, 4) is 10.7 Å². The number of nitrogens with zero attached hydrogens (tertiary/aromatic N) is 2. The van der Waals surface area contributed by atoms with Crippen LogP contribution in [-0.2, 0) is 0 Å². The summed E-state index contributed by atoms with van der Waals surface area (Å²) < 4.78 is 0. The predicted molar refractivity (Wildman–Crippen MR) is 106 cm³/mol. The molecule has 0 fully saturated rings. The molecule has 1 N–H and O–H groups in total. The van der Waals surface area contributed by atoms with Crippen molar-refractivity contribution in [2.24, 2.45) is 5.92 Å². The Kier molecular flexibility index (Phi) is 5.78. The van der Waals surface area contributed by atoms with E-state index < -0.39 is 0 Å². The van der Waals surface area contributed by atoms with Crippen molar-refractivity contribution in [1.82, 2.24) is 15.3 Å². The lowest BCUT2D eigenvalue weighted by Crippen LogP contribution is -2.29. The zero-order valence-electron chi connectivity index (χ0n) is 15.3. The van der Waals surface area contributed by atoms with E-state index in [0.29, 0.717) is 10.8 Å². The number of carbonyl (C=O) groups is 1.